The number of carbonyl (C=O) groups is 1. The second-order valence-electron chi connectivity index (χ2n) is 3.00. The Morgan fingerprint density at radius 3 is 2.59 bits per heavy atom. The lowest BCUT2D eigenvalue weighted by Crippen LogP contribution is -2.13. The van der Waals surface area contributed by atoms with Gasteiger partial charge in [-0.2, -0.15) is 13.2 Å². The molecule has 0 spiro atoms. The predicted octanol–water partition coefficient (Wildman–Crippen LogP) is 2.42. The molecule has 0 aromatic heterocycles. The molecule has 0 radical (unpaired) electrons. The third-order valence-corrected chi connectivity index (χ3v) is 1.85. The molecule has 1 rings (SSSR count). The molecular weight excluding hydrogens is 237 g/mol. The van der Waals surface area contributed by atoms with Crippen molar-refractivity contribution in [1.82, 2.24) is 0 Å². The summed E-state index contributed by atoms with van der Waals surface area (Å²) in [6.45, 7) is -0.191. The quantitative estimate of drug-likeness (QED) is 0.830. The van der Waals surface area contributed by atoms with Gasteiger partial charge < -0.3 is 9.84 Å². The number of rotatable bonds is 3. The number of benzene rings is 1. The molecular formula is C11H7F3O3. The van der Waals surface area contributed by atoms with Crippen molar-refractivity contribution in [2.45, 2.75) is 6.18 Å². The van der Waals surface area contributed by atoms with Crippen LogP contribution in [-0.2, 0) is 6.18 Å². The van der Waals surface area contributed by atoms with E-state index in [1.165, 1.54) is 0 Å². The Bertz CT molecular complexity index is 472. The molecule has 0 saturated heterocycles. The fourth-order valence-corrected chi connectivity index (χ4v) is 1.16. The molecule has 0 fully saturated rings. The van der Waals surface area contributed by atoms with Crippen LogP contribution in [-0.4, -0.2) is 17.7 Å². The van der Waals surface area contributed by atoms with E-state index in [4.69, 9.17) is 16.3 Å². The van der Waals surface area contributed by atoms with E-state index in [1.807, 2.05) is 0 Å². The van der Waals surface area contributed by atoms with Gasteiger partial charge in [0, 0.05) is 0 Å². The zero-order valence-electron chi connectivity index (χ0n) is 8.41. The van der Waals surface area contributed by atoms with Gasteiger partial charge in [-0.25, -0.2) is 4.79 Å². The Morgan fingerprint density at radius 2 is 2.12 bits per heavy atom. The van der Waals surface area contributed by atoms with E-state index in [0.29, 0.717) is 6.07 Å². The molecule has 90 valence electrons. The summed E-state index contributed by atoms with van der Waals surface area (Å²) in [4.78, 5) is 10.6. The van der Waals surface area contributed by atoms with Gasteiger partial charge in [0.15, 0.2) is 0 Å². The van der Waals surface area contributed by atoms with Gasteiger partial charge >= 0.3 is 12.1 Å². The molecule has 1 aromatic rings. The number of carboxylic acids is 1. The minimum absolute atomic E-state index is 0.125. The lowest BCUT2D eigenvalue weighted by Gasteiger charge is -2.12. The van der Waals surface area contributed by atoms with Crippen molar-refractivity contribution in [3.8, 4) is 18.1 Å². The Labute approximate surface area is 94.8 Å². The molecule has 6 heteroatoms. The van der Waals surface area contributed by atoms with Gasteiger partial charge in [0.2, 0.25) is 0 Å². The maximum atomic E-state index is 12.6. The number of hydrogen-bond acceptors (Lipinski definition) is 2. The Kier molecular flexibility index (Phi) is 3.63. The largest absolute Gasteiger partial charge is 0.481 e. The van der Waals surface area contributed by atoms with Crippen LogP contribution in [0.3, 0.4) is 0 Å². The summed E-state index contributed by atoms with van der Waals surface area (Å²) in [5, 5.41) is 8.62. The molecule has 17 heavy (non-hydrogen) atoms. The first-order chi connectivity index (χ1) is 7.86. The number of aromatic carboxylic acids is 1. The van der Waals surface area contributed by atoms with Crippen molar-refractivity contribution in [2.75, 3.05) is 6.61 Å². The molecule has 0 aliphatic carbocycles. The summed E-state index contributed by atoms with van der Waals surface area (Å²) in [7, 11) is 0. The highest BCUT2D eigenvalue weighted by molar-refractivity contribution is 5.89. The van der Waals surface area contributed by atoms with Crippen molar-refractivity contribution in [3.63, 3.8) is 0 Å². The molecule has 0 aliphatic heterocycles. The molecule has 0 atom stereocenters. The van der Waals surface area contributed by atoms with E-state index in [-0.39, 0.29) is 12.4 Å². The van der Waals surface area contributed by atoms with Crippen LogP contribution in [0.15, 0.2) is 18.2 Å². The first-order valence-electron chi connectivity index (χ1n) is 4.37. The molecule has 0 aliphatic rings. The summed E-state index contributed by atoms with van der Waals surface area (Å²) in [5.41, 5.74) is -2.09. The number of hydrogen-bond donors (Lipinski definition) is 1. The van der Waals surface area contributed by atoms with Crippen LogP contribution in [0.2, 0.25) is 0 Å². The fraction of sp³-hybridized carbons (Fsp3) is 0.182. The molecule has 1 N–H and O–H groups in total. The van der Waals surface area contributed by atoms with E-state index in [0.717, 1.165) is 12.1 Å². The van der Waals surface area contributed by atoms with Crippen LogP contribution >= 0.6 is 0 Å². The summed E-state index contributed by atoms with van der Waals surface area (Å²) in [5.74, 6) is 0.315. The second kappa shape index (κ2) is 4.78. The van der Waals surface area contributed by atoms with Crippen LogP contribution < -0.4 is 4.74 Å². The molecule has 0 amide bonds. The second-order valence-corrected chi connectivity index (χ2v) is 3.00. The smallest absolute Gasteiger partial charge is 0.417 e. The van der Waals surface area contributed by atoms with Crippen LogP contribution in [0.25, 0.3) is 0 Å². The average molecular weight is 244 g/mol. The Hall–Kier alpha value is -2.16. The molecule has 0 bridgehead atoms. The minimum Gasteiger partial charge on any atom is -0.481 e. The first-order valence-corrected chi connectivity index (χ1v) is 4.37. The van der Waals surface area contributed by atoms with E-state index in [9.17, 15) is 18.0 Å². The van der Waals surface area contributed by atoms with E-state index >= 15 is 0 Å². The molecule has 0 saturated carbocycles. The van der Waals surface area contributed by atoms with E-state index in [2.05, 4.69) is 5.92 Å². The van der Waals surface area contributed by atoms with E-state index in [1.54, 1.807) is 0 Å². The highest BCUT2D eigenvalue weighted by atomic mass is 19.4. The van der Waals surface area contributed by atoms with E-state index < -0.39 is 23.3 Å². The van der Waals surface area contributed by atoms with Crippen LogP contribution in [0.1, 0.15) is 15.9 Å². The lowest BCUT2D eigenvalue weighted by molar-refractivity contribution is -0.138. The summed E-state index contributed by atoms with van der Waals surface area (Å²) < 4.78 is 42.5. The van der Waals surface area contributed by atoms with Gasteiger partial charge in [0.05, 0.1) is 11.1 Å². The first kappa shape index (κ1) is 12.9. The summed E-state index contributed by atoms with van der Waals surface area (Å²) >= 11 is 0. The number of carboxylic acid groups (broad SMARTS) is 1. The number of ether oxygens (including phenoxy) is 1. The fourth-order valence-electron chi connectivity index (χ4n) is 1.16. The number of alkyl halides is 3. The highest BCUT2D eigenvalue weighted by Gasteiger charge is 2.35. The van der Waals surface area contributed by atoms with Crippen LogP contribution in [0, 0.1) is 12.3 Å². The molecule has 0 unspecified atom stereocenters. The normalized spacial score (nSPS) is 10.7. The maximum absolute atomic E-state index is 12.6. The van der Waals surface area contributed by atoms with Crippen molar-refractivity contribution in [1.29, 1.82) is 0 Å². The van der Waals surface area contributed by atoms with Crippen molar-refractivity contribution in [3.05, 3.63) is 29.3 Å². The van der Waals surface area contributed by atoms with Gasteiger partial charge in [-0.1, -0.05) is 5.92 Å². The van der Waals surface area contributed by atoms with Gasteiger partial charge in [-0.3, -0.25) is 0 Å². The molecule has 0 heterocycles. The standard InChI is InChI=1S/C11H7F3O3/c1-2-5-17-7-3-4-8(10(15)16)9(6-7)11(12,13)14/h1,3-4,6H,5H2,(H,15,16). The summed E-state index contributed by atoms with van der Waals surface area (Å²) in [6.07, 6.45) is 0.126. The van der Waals surface area contributed by atoms with Gasteiger partial charge in [-0.05, 0) is 18.2 Å². The van der Waals surface area contributed by atoms with Crippen molar-refractivity contribution >= 4 is 5.97 Å². The number of halogens is 3. The monoisotopic (exact) mass is 244 g/mol. The molecule has 1 aromatic carbocycles. The Balaban J connectivity index is 3.21. The maximum Gasteiger partial charge on any atom is 0.417 e. The topological polar surface area (TPSA) is 46.5 Å². The Morgan fingerprint density at radius 1 is 1.47 bits per heavy atom. The average Bonchev–Trinajstić information content (AvgIpc) is 2.24. The van der Waals surface area contributed by atoms with Crippen LogP contribution in [0.5, 0.6) is 5.75 Å². The third-order valence-electron chi connectivity index (χ3n) is 1.85. The van der Waals surface area contributed by atoms with Crippen molar-refractivity contribution < 1.29 is 27.8 Å². The third kappa shape index (κ3) is 3.14. The number of terminal acetylenes is 1. The van der Waals surface area contributed by atoms with Crippen LogP contribution in [0.4, 0.5) is 13.2 Å². The van der Waals surface area contributed by atoms with Gasteiger partial charge in [-0.15, -0.1) is 6.42 Å². The van der Waals surface area contributed by atoms with Gasteiger partial charge in [0.25, 0.3) is 0 Å². The predicted molar refractivity (Wildman–Crippen MR) is 52.7 cm³/mol. The highest BCUT2D eigenvalue weighted by Crippen LogP contribution is 2.34. The zero-order chi connectivity index (χ0) is 13.1. The van der Waals surface area contributed by atoms with Gasteiger partial charge in [0.1, 0.15) is 12.4 Å². The molecule has 3 nitrogen and oxygen atoms in total. The zero-order valence-corrected chi connectivity index (χ0v) is 8.41. The minimum atomic E-state index is -4.76. The summed E-state index contributed by atoms with van der Waals surface area (Å²) in [6, 6.07) is 2.56. The van der Waals surface area contributed by atoms with Crippen molar-refractivity contribution in [2.24, 2.45) is 0 Å². The lowest BCUT2D eigenvalue weighted by atomic mass is 10.1. The SMILES string of the molecule is C#CCOc1ccc(C(=O)O)c(C(F)(F)F)c1.